The zero-order chi connectivity index (χ0) is 13.1. The second-order valence-corrected chi connectivity index (χ2v) is 4.92. The van der Waals surface area contributed by atoms with E-state index in [4.69, 9.17) is 0 Å². The van der Waals surface area contributed by atoms with Crippen molar-refractivity contribution in [3.63, 3.8) is 0 Å². The highest BCUT2D eigenvalue weighted by Gasteiger charge is 2.32. The minimum atomic E-state index is -0.349. The molecule has 1 aliphatic carbocycles. The van der Waals surface area contributed by atoms with Crippen LogP contribution in [0.2, 0.25) is 0 Å². The minimum absolute atomic E-state index is 0.131. The van der Waals surface area contributed by atoms with Crippen LogP contribution in [0, 0.1) is 16.0 Å². The van der Waals surface area contributed by atoms with E-state index in [1.165, 1.54) is 0 Å². The number of nitrogens with zero attached hydrogens (tertiary/aromatic N) is 1. The summed E-state index contributed by atoms with van der Waals surface area (Å²) in [5.74, 6) is 0.663. The van der Waals surface area contributed by atoms with Crippen LogP contribution >= 0.6 is 0 Å². The SMILES string of the molecule is CCCNc1cc(NC2CC2C)cc([N+](=O)[O-])c1. The van der Waals surface area contributed by atoms with Crippen molar-refractivity contribution < 1.29 is 4.92 Å². The highest BCUT2D eigenvalue weighted by molar-refractivity contribution is 5.64. The number of nitro benzene ring substituents is 1. The molecule has 0 spiro atoms. The van der Waals surface area contributed by atoms with Gasteiger partial charge in [0.25, 0.3) is 5.69 Å². The topological polar surface area (TPSA) is 67.2 Å². The fraction of sp³-hybridized carbons (Fsp3) is 0.538. The summed E-state index contributed by atoms with van der Waals surface area (Å²) < 4.78 is 0. The molecule has 0 heterocycles. The molecule has 5 nitrogen and oxygen atoms in total. The molecule has 2 N–H and O–H groups in total. The third-order valence-corrected chi connectivity index (χ3v) is 3.17. The first-order chi connectivity index (χ1) is 8.60. The van der Waals surface area contributed by atoms with Gasteiger partial charge in [0, 0.05) is 36.1 Å². The minimum Gasteiger partial charge on any atom is -0.385 e. The van der Waals surface area contributed by atoms with Gasteiger partial charge in [-0.15, -0.1) is 0 Å². The second kappa shape index (κ2) is 5.25. The largest absolute Gasteiger partial charge is 0.385 e. The summed E-state index contributed by atoms with van der Waals surface area (Å²) in [7, 11) is 0. The second-order valence-electron chi connectivity index (χ2n) is 4.92. The number of anilines is 2. The molecule has 2 unspecified atom stereocenters. The molecule has 0 amide bonds. The number of hydrogen-bond donors (Lipinski definition) is 2. The van der Waals surface area contributed by atoms with E-state index in [-0.39, 0.29) is 10.6 Å². The number of non-ortho nitro benzene ring substituents is 1. The molecule has 1 aromatic rings. The van der Waals surface area contributed by atoms with Crippen molar-refractivity contribution in [3.8, 4) is 0 Å². The van der Waals surface area contributed by atoms with Gasteiger partial charge >= 0.3 is 0 Å². The van der Waals surface area contributed by atoms with Crippen molar-refractivity contribution in [2.45, 2.75) is 32.7 Å². The van der Waals surface area contributed by atoms with E-state index < -0.39 is 0 Å². The average Bonchev–Trinajstić information content (AvgIpc) is 3.02. The molecule has 0 aromatic heterocycles. The van der Waals surface area contributed by atoms with Gasteiger partial charge in [-0.05, 0) is 24.8 Å². The van der Waals surface area contributed by atoms with E-state index >= 15 is 0 Å². The molecule has 2 rings (SSSR count). The number of nitro groups is 1. The predicted molar refractivity (Wildman–Crippen MR) is 73.1 cm³/mol. The first kappa shape index (κ1) is 12.7. The first-order valence-electron chi connectivity index (χ1n) is 6.40. The summed E-state index contributed by atoms with van der Waals surface area (Å²) in [5.41, 5.74) is 1.77. The molecule has 18 heavy (non-hydrogen) atoms. The summed E-state index contributed by atoms with van der Waals surface area (Å²) in [5, 5.41) is 17.4. The van der Waals surface area contributed by atoms with Gasteiger partial charge in [0.1, 0.15) is 0 Å². The Balaban J connectivity index is 2.16. The van der Waals surface area contributed by atoms with E-state index in [0.717, 1.165) is 30.8 Å². The van der Waals surface area contributed by atoms with E-state index in [2.05, 4.69) is 24.5 Å². The van der Waals surface area contributed by atoms with Crippen molar-refractivity contribution in [2.75, 3.05) is 17.2 Å². The van der Waals surface area contributed by atoms with Gasteiger partial charge in [-0.3, -0.25) is 10.1 Å². The highest BCUT2D eigenvalue weighted by atomic mass is 16.6. The Morgan fingerprint density at radius 2 is 2.06 bits per heavy atom. The number of benzene rings is 1. The average molecular weight is 249 g/mol. The van der Waals surface area contributed by atoms with Crippen LogP contribution in [0.5, 0.6) is 0 Å². The van der Waals surface area contributed by atoms with Crippen LogP contribution in [0.4, 0.5) is 17.1 Å². The summed E-state index contributed by atoms with van der Waals surface area (Å²) in [6.07, 6.45) is 2.13. The Labute approximate surface area is 107 Å². The number of nitrogens with one attached hydrogen (secondary N) is 2. The van der Waals surface area contributed by atoms with E-state index in [1.807, 2.05) is 6.07 Å². The Hall–Kier alpha value is -1.78. The molecule has 5 heteroatoms. The Kier molecular flexibility index (Phi) is 3.69. The normalized spacial score (nSPS) is 21.4. The molecular weight excluding hydrogens is 230 g/mol. The standard InChI is InChI=1S/C13H19N3O2/c1-3-4-14-10-6-11(15-13-5-9(13)2)8-12(7-10)16(17)18/h6-9,13-15H,3-5H2,1-2H3. The van der Waals surface area contributed by atoms with Crippen LogP contribution in [-0.4, -0.2) is 17.5 Å². The van der Waals surface area contributed by atoms with Gasteiger partial charge in [-0.1, -0.05) is 13.8 Å². The maximum atomic E-state index is 10.9. The molecule has 0 aliphatic heterocycles. The lowest BCUT2D eigenvalue weighted by Gasteiger charge is -2.09. The molecule has 1 aliphatic rings. The highest BCUT2D eigenvalue weighted by Crippen LogP contribution is 2.34. The number of hydrogen-bond acceptors (Lipinski definition) is 4. The maximum Gasteiger partial charge on any atom is 0.273 e. The molecule has 0 saturated heterocycles. The lowest BCUT2D eigenvalue weighted by atomic mass is 10.2. The quantitative estimate of drug-likeness (QED) is 0.600. The van der Waals surface area contributed by atoms with Crippen LogP contribution in [-0.2, 0) is 0 Å². The molecule has 1 saturated carbocycles. The zero-order valence-electron chi connectivity index (χ0n) is 10.8. The van der Waals surface area contributed by atoms with Crippen molar-refractivity contribution in [2.24, 2.45) is 5.92 Å². The third-order valence-electron chi connectivity index (χ3n) is 3.17. The van der Waals surface area contributed by atoms with Crippen molar-refractivity contribution in [1.29, 1.82) is 0 Å². The monoisotopic (exact) mass is 249 g/mol. The fourth-order valence-electron chi connectivity index (χ4n) is 1.91. The van der Waals surface area contributed by atoms with E-state index in [0.29, 0.717) is 12.0 Å². The Bertz CT molecular complexity index is 448. The van der Waals surface area contributed by atoms with Crippen LogP contribution in [0.15, 0.2) is 18.2 Å². The van der Waals surface area contributed by atoms with Gasteiger partial charge in [0.05, 0.1) is 4.92 Å². The third kappa shape index (κ3) is 3.12. The van der Waals surface area contributed by atoms with Crippen LogP contribution in [0.25, 0.3) is 0 Å². The van der Waals surface area contributed by atoms with Gasteiger partial charge in [0.15, 0.2) is 0 Å². The maximum absolute atomic E-state index is 10.9. The van der Waals surface area contributed by atoms with Gasteiger partial charge < -0.3 is 10.6 Å². The molecule has 2 atom stereocenters. The van der Waals surface area contributed by atoms with Gasteiger partial charge in [-0.2, -0.15) is 0 Å². The molecule has 1 aromatic carbocycles. The van der Waals surface area contributed by atoms with Crippen LogP contribution in [0.3, 0.4) is 0 Å². The Morgan fingerprint density at radius 3 is 2.61 bits per heavy atom. The lowest BCUT2D eigenvalue weighted by Crippen LogP contribution is -2.06. The summed E-state index contributed by atoms with van der Waals surface area (Å²) in [6.45, 7) is 5.06. The summed E-state index contributed by atoms with van der Waals surface area (Å²) in [4.78, 5) is 10.5. The van der Waals surface area contributed by atoms with Crippen molar-refractivity contribution >= 4 is 17.1 Å². The van der Waals surface area contributed by atoms with Crippen LogP contribution < -0.4 is 10.6 Å². The van der Waals surface area contributed by atoms with Crippen LogP contribution in [0.1, 0.15) is 26.7 Å². The fourth-order valence-corrected chi connectivity index (χ4v) is 1.91. The molecule has 0 radical (unpaired) electrons. The Morgan fingerprint density at radius 1 is 1.39 bits per heavy atom. The zero-order valence-corrected chi connectivity index (χ0v) is 10.8. The first-order valence-corrected chi connectivity index (χ1v) is 6.40. The van der Waals surface area contributed by atoms with Gasteiger partial charge in [-0.25, -0.2) is 0 Å². The van der Waals surface area contributed by atoms with E-state index in [1.54, 1.807) is 12.1 Å². The predicted octanol–water partition coefficient (Wildman–Crippen LogP) is 3.24. The molecular formula is C13H19N3O2. The summed E-state index contributed by atoms with van der Waals surface area (Å²) >= 11 is 0. The molecule has 1 fully saturated rings. The summed E-state index contributed by atoms with van der Waals surface area (Å²) in [6, 6.07) is 5.58. The van der Waals surface area contributed by atoms with E-state index in [9.17, 15) is 10.1 Å². The van der Waals surface area contributed by atoms with Crippen molar-refractivity contribution in [3.05, 3.63) is 28.3 Å². The lowest BCUT2D eigenvalue weighted by molar-refractivity contribution is -0.384. The molecule has 98 valence electrons. The van der Waals surface area contributed by atoms with Crippen molar-refractivity contribution in [1.82, 2.24) is 0 Å². The molecule has 0 bridgehead atoms. The smallest absolute Gasteiger partial charge is 0.273 e. The number of rotatable bonds is 6. The van der Waals surface area contributed by atoms with Gasteiger partial charge in [0.2, 0.25) is 0 Å².